The molecule has 33 heavy (non-hydrogen) atoms. The van der Waals surface area contributed by atoms with Crippen molar-refractivity contribution in [2.75, 3.05) is 7.11 Å². The molecule has 0 aromatic heterocycles. The molecule has 0 bridgehead atoms. The van der Waals surface area contributed by atoms with Gasteiger partial charge in [-0.05, 0) is 53.6 Å². The summed E-state index contributed by atoms with van der Waals surface area (Å²) in [7, 11) is 1.54. The van der Waals surface area contributed by atoms with Gasteiger partial charge in [-0.1, -0.05) is 70.0 Å². The fourth-order valence-corrected chi connectivity index (χ4v) is 3.76. The third-order valence-electron chi connectivity index (χ3n) is 5.17. The number of methoxy groups -OCH3 is 1. The molecule has 0 unspecified atom stereocenters. The number of amides is 1. The van der Waals surface area contributed by atoms with Crippen molar-refractivity contribution in [1.82, 2.24) is 5.43 Å². The fourth-order valence-electron chi connectivity index (χ4n) is 3.38. The Kier molecular flexibility index (Phi) is 7.05. The van der Waals surface area contributed by atoms with Crippen molar-refractivity contribution in [3.05, 3.63) is 106 Å². The molecule has 0 aliphatic rings. The van der Waals surface area contributed by atoms with Gasteiger partial charge in [0.25, 0.3) is 5.91 Å². The van der Waals surface area contributed by atoms with Gasteiger partial charge in [-0.25, -0.2) is 5.43 Å². The van der Waals surface area contributed by atoms with Crippen LogP contribution in [0.15, 0.2) is 88.4 Å². The van der Waals surface area contributed by atoms with Crippen molar-refractivity contribution in [3.8, 4) is 11.5 Å². The van der Waals surface area contributed by atoms with Gasteiger partial charge in [0, 0.05) is 10.0 Å². The van der Waals surface area contributed by atoms with Crippen LogP contribution in [0.25, 0.3) is 10.8 Å². The smallest absolute Gasteiger partial charge is 0.275 e. The predicted octanol–water partition coefficient (Wildman–Crippen LogP) is 6.26. The molecule has 0 spiro atoms. The van der Waals surface area contributed by atoms with Gasteiger partial charge in [0.15, 0.2) is 0 Å². The minimum atomic E-state index is -0.356. The Balaban J connectivity index is 1.50. The first-order valence-electron chi connectivity index (χ1n) is 10.4. The van der Waals surface area contributed by atoms with Crippen molar-refractivity contribution in [1.29, 1.82) is 0 Å². The predicted molar refractivity (Wildman–Crippen MR) is 135 cm³/mol. The first kappa shape index (κ1) is 22.6. The standard InChI is InChI=1S/C27H23BrN2O3/c1-18-7-9-19(10-8-18)17-33-25-12-11-23(28)13-22(25)16-29-30-27(31)24-14-20-5-3-4-6-21(20)15-26(24)32-2/h3-16H,17H2,1-2H3,(H,30,31)/b29-16-. The molecule has 0 heterocycles. The van der Waals surface area contributed by atoms with E-state index in [1.165, 1.54) is 5.56 Å². The maximum Gasteiger partial charge on any atom is 0.275 e. The highest BCUT2D eigenvalue weighted by molar-refractivity contribution is 9.10. The number of nitrogens with zero attached hydrogens (tertiary/aromatic N) is 1. The maximum absolute atomic E-state index is 12.8. The molecule has 0 saturated carbocycles. The molecule has 0 aliphatic heterocycles. The highest BCUT2D eigenvalue weighted by Gasteiger charge is 2.13. The number of hydrazone groups is 1. The lowest BCUT2D eigenvalue weighted by Gasteiger charge is -2.11. The van der Waals surface area contributed by atoms with E-state index in [9.17, 15) is 4.79 Å². The lowest BCUT2D eigenvalue weighted by molar-refractivity contribution is 0.0952. The van der Waals surface area contributed by atoms with E-state index in [4.69, 9.17) is 9.47 Å². The summed E-state index contributed by atoms with van der Waals surface area (Å²) in [6.07, 6.45) is 1.57. The van der Waals surface area contributed by atoms with Gasteiger partial charge in [0.2, 0.25) is 0 Å². The lowest BCUT2D eigenvalue weighted by Crippen LogP contribution is -2.18. The first-order valence-corrected chi connectivity index (χ1v) is 11.2. The molecular formula is C27H23BrN2O3. The average Bonchev–Trinajstić information content (AvgIpc) is 2.83. The van der Waals surface area contributed by atoms with E-state index in [2.05, 4.69) is 45.5 Å². The van der Waals surface area contributed by atoms with E-state index in [1.54, 1.807) is 19.4 Å². The number of rotatable bonds is 7. The summed E-state index contributed by atoms with van der Waals surface area (Å²) in [4.78, 5) is 12.8. The van der Waals surface area contributed by atoms with Crippen LogP contribution in [0, 0.1) is 6.92 Å². The molecule has 5 nitrogen and oxygen atoms in total. The number of hydrogen-bond donors (Lipinski definition) is 1. The Hall–Kier alpha value is -3.64. The molecule has 1 amide bonds. The van der Waals surface area contributed by atoms with Crippen molar-refractivity contribution >= 4 is 38.8 Å². The summed E-state index contributed by atoms with van der Waals surface area (Å²) in [6, 6.07) is 25.3. The second-order valence-electron chi connectivity index (χ2n) is 7.56. The highest BCUT2D eigenvalue weighted by Crippen LogP contribution is 2.26. The molecule has 0 saturated heterocycles. The van der Waals surface area contributed by atoms with Crippen LogP contribution in [0.3, 0.4) is 0 Å². The zero-order valence-electron chi connectivity index (χ0n) is 18.3. The summed E-state index contributed by atoms with van der Waals surface area (Å²) in [5.74, 6) is 0.803. The number of carbonyl (C=O) groups excluding carboxylic acids is 1. The second-order valence-corrected chi connectivity index (χ2v) is 8.47. The zero-order valence-corrected chi connectivity index (χ0v) is 19.9. The van der Waals surface area contributed by atoms with Crippen LogP contribution in [0.5, 0.6) is 11.5 Å². The number of nitrogens with one attached hydrogen (secondary N) is 1. The third kappa shape index (κ3) is 5.59. The fraction of sp³-hybridized carbons (Fsp3) is 0.111. The largest absolute Gasteiger partial charge is 0.496 e. The molecule has 4 aromatic carbocycles. The number of hydrogen-bond acceptors (Lipinski definition) is 4. The Labute approximate surface area is 201 Å². The van der Waals surface area contributed by atoms with Crippen LogP contribution in [0.1, 0.15) is 27.0 Å². The van der Waals surface area contributed by atoms with Gasteiger partial charge < -0.3 is 9.47 Å². The van der Waals surface area contributed by atoms with Crippen LogP contribution >= 0.6 is 15.9 Å². The van der Waals surface area contributed by atoms with E-state index < -0.39 is 0 Å². The molecule has 0 aliphatic carbocycles. The summed E-state index contributed by atoms with van der Waals surface area (Å²) in [6.45, 7) is 2.49. The summed E-state index contributed by atoms with van der Waals surface area (Å²) in [5.41, 5.74) is 6.02. The van der Waals surface area contributed by atoms with E-state index in [-0.39, 0.29) is 5.91 Å². The molecule has 4 aromatic rings. The summed E-state index contributed by atoms with van der Waals surface area (Å²) in [5, 5.41) is 6.11. The Morgan fingerprint density at radius 3 is 2.42 bits per heavy atom. The molecule has 1 N–H and O–H groups in total. The molecule has 0 atom stereocenters. The minimum Gasteiger partial charge on any atom is -0.496 e. The van der Waals surface area contributed by atoms with E-state index in [0.717, 1.165) is 26.4 Å². The monoisotopic (exact) mass is 502 g/mol. The van der Waals surface area contributed by atoms with Crippen LogP contribution in [-0.2, 0) is 6.61 Å². The van der Waals surface area contributed by atoms with Crippen molar-refractivity contribution in [3.63, 3.8) is 0 Å². The average molecular weight is 503 g/mol. The Bertz CT molecular complexity index is 1320. The molecule has 6 heteroatoms. The number of ether oxygens (including phenoxy) is 2. The maximum atomic E-state index is 12.8. The van der Waals surface area contributed by atoms with Crippen molar-refractivity contribution < 1.29 is 14.3 Å². The quantitative estimate of drug-likeness (QED) is 0.239. The number of halogens is 1. The van der Waals surface area contributed by atoms with Gasteiger partial charge in [0.1, 0.15) is 18.1 Å². The molecule has 0 radical (unpaired) electrons. The number of carbonyl (C=O) groups is 1. The Morgan fingerprint density at radius 1 is 0.970 bits per heavy atom. The van der Waals surface area contributed by atoms with Crippen LogP contribution in [0.2, 0.25) is 0 Å². The van der Waals surface area contributed by atoms with Gasteiger partial charge >= 0.3 is 0 Å². The highest BCUT2D eigenvalue weighted by atomic mass is 79.9. The topological polar surface area (TPSA) is 59.9 Å². The normalized spacial score (nSPS) is 11.0. The first-order chi connectivity index (χ1) is 16.0. The molecular weight excluding hydrogens is 480 g/mol. The number of fused-ring (bicyclic) bond motifs is 1. The lowest BCUT2D eigenvalue weighted by atomic mass is 10.1. The number of aryl methyl sites for hydroxylation is 1. The third-order valence-corrected chi connectivity index (χ3v) is 5.66. The summed E-state index contributed by atoms with van der Waals surface area (Å²) < 4.78 is 12.3. The van der Waals surface area contributed by atoms with Crippen LogP contribution in [-0.4, -0.2) is 19.2 Å². The van der Waals surface area contributed by atoms with Crippen molar-refractivity contribution in [2.24, 2.45) is 5.10 Å². The Morgan fingerprint density at radius 2 is 1.70 bits per heavy atom. The number of benzene rings is 4. The van der Waals surface area contributed by atoms with E-state index in [0.29, 0.717) is 23.7 Å². The van der Waals surface area contributed by atoms with Gasteiger partial charge in [-0.15, -0.1) is 0 Å². The van der Waals surface area contributed by atoms with Crippen LogP contribution < -0.4 is 14.9 Å². The van der Waals surface area contributed by atoms with Crippen LogP contribution in [0.4, 0.5) is 0 Å². The van der Waals surface area contributed by atoms with Crippen molar-refractivity contribution in [2.45, 2.75) is 13.5 Å². The minimum absolute atomic E-state index is 0.356. The SMILES string of the molecule is COc1cc2ccccc2cc1C(=O)N/N=C\c1cc(Br)ccc1OCc1ccc(C)cc1. The van der Waals surface area contributed by atoms with Gasteiger partial charge in [-0.2, -0.15) is 5.10 Å². The summed E-state index contributed by atoms with van der Waals surface area (Å²) >= 11 is 3.48. The second kappa shape index (κ2) is 10.3. The zero-order chi connectivity index (χ0) is 23.2. The van der Waals surface area contributed by atoms with E-state index in [1.807, 2.05) is 60.7 Å². The van der Waals surface area contributed by atoms with Gasteiger partial charge in [0.05, 0.1) is 18.9 Å². The van der Waals surface area contributed by atoms with E-state index >= 15 is 0 Å². The molecule has 0 fully saturated rings. The molecule has 4 rings (SSSR count). The van der Waals surface area contributed by atoms with Gasteiger partial charge in [-0.3, -0.25) is 4.79 Å². The molecule has 166 valence electrons.